The molecule has 1 aromatic carbocycles. The van der Waals surface area contributed by atoms with E-state index in [2.05, 4.69) is 6.07 Å². The van der Waals surface area contributed by atoms with E-state index in [1.54, 1.807) is 19.1 Å². The number of hydrogen-bond acceptors (Lipinski definition) is 2. The fourth-order valence-corrected chi connectivity index (χ4v) is 1.51. The lowest BCUT2D eigenvalue weighted by molar-refractivity contribution is -0.113. The second kappa shape index (κ2) is 5.27. The van der Waals surface area contributed by atoms with Crippen LogP contribution in [0.3, 0.4) is 0 Å². The summed E-state index contributed by atoms with van der Waals surface area (Å²) in [6, 6.07) is 9.28. The van der Waals surface area contributed by atoms with Crippen LogP contribution in [0.2, 0.25) is 0 Å². The van der Waals surface area contributed by atoms with Gasteiger partial charge in [-0.1, -0.05) is 26.0 Å². The van der Waals surface area contributed by atoms with Crippen LogP contribution < -0.4 is 0 Å². The van der Waals surface area contributed by atoms with Gasteiger partial charge >= 0.3 is 0 Å². The molecule has 0 N–H and O–H groups in total. The molecular formula is C14H15NO. The molecule has 0 radical (unpaired) electrons. The Labute approximate surface area is 96.2 Å². The summed E-state index contributed by atoms with van der Waals surface area (Å²) < 4.78 is 0. The van der Waals surface area contributed by atoms with Crippen LogP contribution in [0.5, 0.6) is 0 Å². The maximum Gasteiger partial charge on any atom is 0.156 e. The van der Waals surface area contributed by atoms with E-state index in [-0.39, 0.29) is 11.7 Å². The molecule has 0 bridgehead atoms. The fourth-order valence-electron chi connectivity index (χ4n) is 1.51. The predicted octanol–water partition coefficient (Wildman–Crippen LogP) is 3.19. The highest BCUT2D eigenvalue weighted by molar-refractivity contribution is 5.98. The molecule has 0 unspecified atom stereocenters. The molecule has 1 aromatic rings. The molecule has 16 heavy (non-hydrogen) atoms. The van der Waals surface area contributed by atoms with Gasteiger partial charge in [0.25, 0.3) is 0 Å². The van der Waals surface area contributed by atoms with E-state index in [0.29, 0.717) is 5.56 Å². The van der Waals surface area contributed by atoms with E-state index < -0.39 is 0 Å². The van der Waals surface area contributed by atoms with Gasteiger partial charge < -0.3 is 0 Å². The van der Waals surface area contributed by atoms with Crippen molar-refractivity contribution in [2.75, 3.05) is 0 Å². The van der Waals surface area contributed by atoms with E-state index in [1.807, 2.05) is 32.1 Å². The summed E-state index contributed by atoms with van der Waals surface area (Å²) >= 11 is 0. The minimum Gasteiger partial charge on any atom is -0.295 e. The Morgan fingerprint density at radius 1 is 1.31 bits per heavy atom. The topological polar surface area (TPSA) is 40.9 Å². The molecule has 0 heterocycles. The van der Waals surface area contributed by atoms with Crippen LogP contribution in [0, 0.1) is 17.2 Å². The summed E-state index contributed by atoms with van der Waals surface area (Å²) in [6.45, 7) is 5.57. The van der Waals surface area contributed by atoms with Gasteiger partial charge in [-0.2, -0.15) is 5.26 Å². The van der Waals surface area contributed by atoms with Crippen molar-refractivity contribution in [2.24, 2.45) is 5.92 Å². The number of nitriles is 1. The van der Waals surface area contributed by atoms with Gasteiger partial charge in [0.2, 0.25) is 0 Å². The number of hydrogen-bond donors (Lipinski definition) is 0. The molecule has 0 saturated carbocycles. The van der Waals surface area contributed by atoms with E-state index >= 15 is 0 Å². The third-order valence-corrected chi connectivity index (χ3v) is 2.39. The van der Waals surface area contributed by atoms with Crippen LogP contribution in [0.1, 0.15) is 31.9 Å². The van der Waals surface area contributed by atoms with Gasteiger partial charge in [0.1, 0.15) is 0 Å². The Hall–Kier alpha value is -1.88. The van der Waals surface area contributed by atoms with Crippen molar-refractivity contribution in [3.8, 4) is 6.07 Å². The Morgan fingerprint density at radius 2 is 1.88 bits per heavy atom. The molecule has 0 aliphatic carbocycles. The zero-order valence-corrected chi connectivity index (χ0v) is 9.82. The van der Waals surface area contributed by atoms with Crippen LogP contribution in [0.25, 0.3) is 6.08 Å². The van der Waals surface area contributed by atoms with Crippen molar-refractivity contribution in [3.05, 3.63) is 41.0 Å². The first-order valence-corrected chi connectivity index (χ1v) is 5.27. The average molecular weight is 213 g/mol. The second-order valence-electron chi connectivity index (χ2n) is 4.04. The molecule has 82 valence electrons. The Bertz CT molecular complexity index is 447. The second-order valence-corrected chi connectivity index (χ2v) is 4.04. The monoisotopic (exact) mass is 213 g/mol. The highest BCUT2D eigenvalue weighted by atomic mass is 16.1. The van der Waals surface area contributed by atoms with Crippen molar-refractivity contribution in [2.45, 2.75) is 20.8 Å². The van der Waals surface area contributed by atoms with Gasteiger partial charge in [-0.25, -0.2) is 0 Å². The molecule has 0 aromatic heterocycles. The van der Waals surface area contributed by atoms with Crippen LogP contribution in [-0.4, -0.2) is 5.78 Å². The third kappa shape index (κ3) is 3.06. The first kappa shape index (κ1) is 12.2. The molecule has 1 rings (SSSR count). The van der Waals surface area contributed by atoms with E-state index in [4.69, 9.17) is 5.26 Å². The van der Waals surface area contributed by atoms with Gasteiger partial charge in [0.15, 0.2) is 5.78 Å². The predicted molar refractivity (Wildman–Crippen MR) is 64.7 cm³/mol. The number of allylic oxidation sites excluding steroid dienone is 1. The van der Waals surface area contributed by atoms with Crippen molar-refractivity contribution >= 4 is 11.9 Å². The number of nitrogens with zero attached hydrogens (tertiary/aromatic N) is 1. The molecule has 2 nitrogen and oxygen atoms in total. The number of benzene rings is 1. The van der Waals surface area contributed by atoms with Gasteiger partial charge in [-0.3, -0.25) is 4.79 Å². The normalized spacial score (nSPS) is 11.3. The lowest BCUT2D eigenvalue weighted by Gasteiger charge is -2.07. The summed E-state index contributed by atoms with van der Waals surface area (Å²) in [5.41, 5.74) is 2.40. The number of Topliss-reactive ketones (excluding diaryl/α,β-unsaturated/α-hetero) is 1. The van der Waals surface area contributed by atoms with Crippen molar-refractivity contribution in [1.82, 2.24) is 0 Å². The first-order chi connectivity index (χ1) is 7.54. The van der Waals surface area contributed by atoms with Gasteiger partial charge in [0, 0.05) is 0 Å². The first-order valence-electron chi connectivity index (χ1n) is 5.27. The zero-order valence-electron chi connectivity index (χ0n) is 9.82. The SMILES string of the molecule is CC(=O)/C(=C/c1ccc(C#N)cc1)C(C)C. The van der Waals surface area contributed by atoms with Crippen LogP contribution in [0.15, 0.2) is 29.8 Å². The largest absolute Gasteiger partial charge is 0.295 e. The summed E-state index contributed by atoms with van der Waals surface area (Å²) in [4.78, 5) is 11.4. The minimum atomic E-state index is 0.0966. The van der Waals surface area contributed by atoms with Gasteiger partial charge in [-0.15, -0.1) is 0 Å². The molecule has 0 aliphatic rings. The smallest absolute Gasteiger partial charge is 0.156 e. The molecular weight excluding hydrogens is 198 g/mol. The van der Waals surface area contributed by atoms with Crippen LogP contribution in [-0.2, 0) is 4.79 Å². The minimum absolute atomic E-state index is 0.0966. The van der Waals surface area contributed by atoms with Gasteiger partial charge in [-0.05, 0) is 42.2 Å². The Balaban J connectivity index is 3.05. The fraction of sp³-hybridized carbons (Fsp3) is 0.286. The number of carbonyl (C=O) groups is 1. The summed E-state index contributed by atoms with van der Waals surface area (Å²) in [6.07, 6.45) is 1.88. The Morgan fingerprint density at radius 3 is 2.25 bits per heavy atom. The number of rotatable bonds is 3. The maximum absolute atomic E-state index is 11.4. The number of carbonyl (C=O) groups excluding carboxylic acids is 1. The molecule has 0 spiro atoms. The maximum atomic E-state index is 11.4. The van der Waals surface area contributed by atoms with Crippen LogP contribution >= 0.6 is 0 Å². The highest BCUT2D eigenvalue weighted by Gasteiger charge is 2.08. The average Bonchev–Trinajstić information content (AvgIpc) is 2.25. The number of ketones is 1. The lowest BCUT2D eigenvalue weighted by atomic mass is 9.97. The van der Waals surface area contributed by atoms with Crippen molar-refractivity contribution < 1.29 is 4.79 Å². The molecule has 0 atom stereocenters. The summed E-state index contributed by atoms with van der Waals surface area (Å²) in [5.74, 6) is 0.313. The standard InChI is InChI=1S/C14H15NO/c1-10(2)14(11(3)16)8-12-4-6-13(9-15)7-5-12/h4-8,10H,1-3H3/b14-8+. The molecule has 0 aliphatic heterocycles. The quantitative estimate of drug-likeness (QED) is 0.723. The third-order valence-electron chi connectivity index (χ3n) is 2.39. The molecule has 2 heteroatoms. The Kier molecular flexibility index (Phi) is 4.02. The summed E-state index contributed by atoms with van der Waals surface area (Å²) in [5, 5.41) is 8.67. The highest BCUT2D eigenvalue weighted by Crippen LogP contribution is 2.16. The van der Waals surface area contributed by atoms with Crippen molar-refractivity contribution in [1.29, 1.82) is 5.26 Å². The lowest BCUT2D eigenvalue weighted by Crippen LogP contribution is -2.03. The van der Waals surface area contributed by atoms with Crippen molar-refractivity contribution in [3.63, 3.8) is 0 Å². The molecule has 0 amide bonds. The summed E-state index contributed by atoms with van der Waals surface area (Å²) in [7, 11) is 0. The van der Waals surface area contributed by atoms with E-state index in [0.717, 1.165) is 11.1 Å². The molecule has 0 saturated heterocycles. The molecule has 0 fully saturated rings. The van der Waals surface area contributed by atoms with E-state index in [1.165, 1.54) is 0 Å². The van der Waals surface area contributed by atoms with Crippen LogP contribution in [0.4, 0.5) is 0 Å². The zero-order chi connectivity index (χ0) is 12.1. The van der Waals surface area contributed by atoms with E-state index in [9.17, 15) is 4.79 Å². The van der Waals surface area contributed by atoms with Gasteiger partial charge in [0.05, 0.1) is 11.6 Å².